The van der Waals surface area contributed by atoms with E-state index in [0.29, 0.717) is 13.2 Å². The van der Waals surface area contributed by atoms with Crippen molar-refractivity contribution in [1.82, 2.24) is 5.32 Å². The van der Waals surface area contributed by atoms with Gasteiger partial charge in [0, 0.05) is 13.1 Å². The summed E-state index contributed by atoms with van der Waals surface area (Å²) < 4.78 is 5.54. The standard InChI is InChI=1S/C14H23NO2/c1-3-9-14(2,16)12-15-10-11-17-13-7-5-4-6-8-13/h4-8,15-16H,3,9-12H2,1-2H3. The van der Waals surface area contributed by atoms with E-state index in [1.165, 1.54) is 0 Å². The molecule has 0 fully saturated rings. The number of aliphatic hydroxyl groups is 1. The largest absolute Gasteiger partial charge is 0.492 e. The molecule has 0 amide bonds. The Morgan fingerprint density at radius 2 is 2.00 bits per heavy atom. The van der Waals surface area contributed by atoms with Crippen LogP contribution >= 0.6 is 0 Å². The molecule has 2 N–H and O–H groups in total. The zero-order chi connectivity index (χ0) is 12.6. The smallest absolute Gasteiger partial charge is 0.119 e. The Kier molecular flexibility index (Phi) is 6.01. The maximum Gasteiger partial charge on any atom is 0.119 e. The predicted octanol–water partition coefficient (Wildman–Crippen LogP) is 2.21. The van der Waals surface area contributed by atoms with Crippen LogP contribution in [0, 0.1) is 0 Å². The average Bonchev–Trinajstić information content (AvgIpc) is 2.30. The molecule has 0 spiro atoms. The van der Waals surface area contributed by atoms with Crippen LogP contribution in [0.1, 0.15) is 26.7 Å². The minimum atomic E-state index is -0.610. The quantitative estimate of drug-likeness (QED) is 0.681. The molecule has 1 atom stereocenters. The van der Waals surface area contributed by atoms with Crippen LogP contribution < -0.4 is 10.1 Å². The summed E-state index contributed by atoms with van der Waals surface area (Å²) in [5.41, 5.74) is -0.610. The number of ether oxygens (including phenoxy) is 1. The van der Waals surface area contributed by atoms with Gasteiger partial charge in [-0.05, 0) is 25.5 Å². The highest BCUT2D eigenvalue weighted by atomic mass is 16.5. The molecule has 96 valence electrons. The van der Waals surface area contributed by atoms with E-state index in [4.69, 9.17) is 4.74 Å². The molecular weight excluding hydrogens is 214 g/mol. The van der Waals surface area contributed by atoms with Crippen LogP contribution in [0.4, 0.5) is 0 Å². The van der Waals surface area contributed by atoms with Crippen LogP contribution in [0.15, 0.2) is 30.3 Å². The summed E-state index contributed by atoms with van der Waals surface area (Å²) in [5, 5.41) is 13.1. The number of para-hydroxylation sites is 1. The van der Waals surface area contributed by atoms with Crippen molar-refractivity contribution < 1.29 is 9.84 Å². The Balaban J connectivity index is 2.09. The number of hydrogen-bond acceptors (Lipinski definition) is 3. The van der Waals surface area contributed by atoms with Gasteiger partial charge in [-0.25, -0.2) is 0 Å². The molecule has 3 nitrogen and oxygen atoms in total. The van der Waals surface area contributed by atoms with Gasteiger partial charge in [0.05, 0.1) is 5.60 Å². The summed E-state index contributed by atoms with van der Waals surface area (Å²) in [7, 11) is 0. The topological polar surface area (TPSA) is 41.5 Å². The summed E-state index contributed by atoms with van der Waals surface area (Å²) in [6, 6.07) is 9.75. The molecule has 0 aliphatic carbocycles. The van der Waals surface area contributed by atoms with Gasteiger partial charge in [-0.15, -0.1) is 0 Å². The lowest BCUT2D eigenvalue weighted by Gasteiger charge is -2.23. The molecule has 0 bridgehead atoms. The van der Waals surface area contributed by atoms with Crippen LogP contribution in [0.2, 0.25) is 0 Å². The molecule has 0 heterocycles. The third-order valence-electron chi connectivity index (χ3n) is 2.59. The molecule has 0 aliphatic heterocycles. The number of hydrogen-bond donors (Lipinski definition) is 2. The lowest BCUT2D eigenvalue weighted by Crippen LogP contribution is -2.39. The van der Waals surface area contributed by atoms with E-state index < -0.39 is 5.60 Å². The zero-order valence-electron chi connectivity index (χ0n) is 10.8. The first-order valence-corrected chi connectivity index (χ1v) is 6.25. The van der Waals surface area contributed by atoms with Gasteiger partial charge in [0.2, 0.25) is 0 Å². The Bertz CT molecular complexity index is 298. The van der Waals surface area contributed by atoms with E-state index in [2.05, 4.69) is 12.2 Å². The highest BCUT2D eigenvalue weighted by Gasteiger charge is 2.17. The molecular formula is C14H23NO2. The third kappa shape index (κ3) is 6.29. The van der Waals surface area contributed by atoms with E-state index >= 15 is 0 Å². The summed E-state index contributed by atoms with van der Waals surface area (Å²) >= 11 is 0. The normalized spacial score (nSPS) is 14.3. The van der Waals surface area contributed by atoms with Gasteiger partial charge < -0.3 is 15.2 Å². The van der Waals surface area contributed by atoms with Gasteiger partial charge in [-0.2, -0.15) is 0 Å². The fourth-order valence-electron chi connectivity index (χ4n) is 1.74. The number of nitrogens with one attached hydrogen (secondary N) is 1. The van der Waals surface area contributed by atoms with Gasteiger partial charge >= 0.3 is 0 Å². The van der Waals surface area contributed by atoms with Gasteiger partial charge in [0.15, 0.2) is 0 Å². The molecule has 3 heteroatoms. The van der Waals surface area contributed by atoms with E-state index in [1.54, 1.807) is 0 Å². The number of benzene rings is 1. The second kappa shape index (κ2) is 7.30. The summed E-state index contributed by atoms with van der Waals surface area (Å²) in [6.07, 6.45) is 1.81. The van der Waals surface area contributed by atoms with Crippen LogP contribution in [0.3, 0.4) is 0 Å². The first-order chi connectivity index (χ1) is 8.14. The van der Waals surface area contributed by atoms with E-state index in [-0.39, 0.29) is 0 Å². The van der Waals surface area contributed by atoms with Crippen molar-refractivity contribution in [2.45, 2.75) is 32.3 Å². The molecule has 0 aliphatic rings. The SMILES string of the molecule is CCCC(C)(O)CNCCOc1ccccc1. The van der Waals surface area contributed by atoms with Crippen molar-refractivity contribution in [3.8, 4) is 5.75 Å². The Labute approximate surface area is 104 Å². The Morgan fingerprint density at radius 1 is 1.29 bits per heavy atom. The molecule has 1 rings (SSSR count). The molecule has 1 aromatic carbocycles. The second-order valence-corrected chi connectivity index (χ2v) is 4.59. The first kappa shape index (κ1) is 14.0. The number of rotatable bonds is 8. The minimum absolute atomic E-state index is 0.610. The average molecular weight is 237 g/mol. The van der Waals surface area contributed by atoms with Crippen molar-refractivity contribution >= 4 is 0 Å². The first-order valence-electron chi connectivity index (χ1n) is 6.25. The lowest BCUT2D eigenvalue weighted by atomic mass is 10.0. The molecule has 1 aromatic rings. The van der Waals surface area contributed by atoms with Gasteiger partial charge in [0.1, 0.15) is 12.4 Å². The van der Waals surface area contributed by atoms with Crippen LogP contribution in [-0.4, -0.2) is 30.4 Å². The summed E-state index contributed by atoms with van der Waals surface area (Å²) in [6.45, 7) is 5.91. The zero-order valence-corrected chi connectivity index (χ0v) is 10.8. The summed E-state index contributed by atoms with van der Waals surface area (Å²) in [5.74, 6) is 0.884. The van der Waals surface area contributed by atoms with E-state index in [0.717, 1.165) is 25.1 Å². The lowest BCUT2D eigenvalue weighted by molar-refractivity contribution is 0.0494. The fourth-order valence-corrected chi connectivity index (χ4v) is 1.74. The van der Waals surface area contributed by atoms with E-state index in [1.807, 2.05) is 37.3 Å². The molecule has 0 aromatic heterocycles. The van der Waals surface area contributed by atoms with Crippen molar-refractivity contribution in [3.05, 3.63) is 30.3 Å². The molecule has 1 unspecified atom stereocenters. The highest BCUT2D eigenvalue weighted by Crippen LogP contribution is 2.10. The third-order valence-corrected chi connectivity index (χ3v) is 2.59. The summed E-state index contributed by atoms with van der Waals surface area (Å²) in [4.78, 5) is 0. The van der Waals surface area contributed by atoms with Crippen LogP contribution in [0.25, 0.3) is 0 Å². The second-order valence-electron chi connectivity index (χ2n) is 4.59. The predicted molar refractivity (Wildman–Crippen MR) is 70.3 cm³/mol. The Morgan fingerprint density at radius 3 is 2.65 bits per heavy atom. The monoisotopic (exact) mass is 237 g/mol. The van der Waals surface area contributed by atoms with Gasteiger partial charge in [-0.3, -0.25) is 0 Å². The van der Waals surface area contributed by atoms with Crippen molar-refractivity contribution in [3.63, 3.8) is 0 Å². The molecule has 0 saturated carbocycles. The van der Waals surface area contributed by atoms with Crippen LogP contribution in [0.5, 0.6) is 5.75 Å². The maximum atomic E-state index is 9.93. The molecule has 17 heavy (non-hydrogen) atoms. The van der Waals surface area contributed by atoms with Gasteiger partial charge in [-0.1, -0.05) is 31.5 Å². The van der Waals surface area contributed by atoms with Crippen molar-refractivity contribution in [2.24, 2.45) is 0 Å². The van der Waals surface area contributed by atoms with E-state index in [9.17, 15) is 5.11 Å². The Hall–Kier alpha value is -1.06. The molecule has 0 saturated heterocycles. The fraction of sp³-hybridized carbons (Fsp3) is 0.571. The van der Waals surface area contributed by atoms with Crippen LogP contribution in [-0.2, 0) is 0 Å². The van der Waals surface area contributed by atoms with Crippen molar-refractivity contribution in [2.75, 3.05) is 19.7 Å². The molecule has 0 radical (unpaired) electrons. The van der Waals surface area contributed by atoms with Crippen molar-refractivity contribution in [1.29, 1.82) is 0 Å². The highest BCUT2D eigenvalue weighted by molar-refractivity contribution is 5.20. The van der Waals surface area contributed by atoms with Gasteiger partial charge in [0.25, 0.3) is 0 Å². The maximum absolute atomic E-state index is 9.93. The minimum Gasteiger partial charge on any atom is -0.492 e.